The van der Waals surface area contributed by atoms with Crippen LogP contribution in [0.3, 0.4) is 0 Å². The lowest BCUT2D eigenvalue weighted by Crippen LogP contribution is -2.37. The number of carbonyl (C=O) groups excluding carboxylic acids is 2. The lowest BCUT2D eigenvalue weighted by molar-refractivity contribution is -0.135. The van der Waals surface area contributed by atoms with Crippen LogP contribution in [-0.4, -0.2) is 36.9 Å². The molecule has 0 atom stereocenters. The number of amides is 2. The number of anilines is 1. The average Bonchev–Trinajstić information content (AvgIpc) is 2.75. The summed E-state index contributed by atoms with van der Waals surface area (Å²) in [5.41, 5.74) is 5.00. The third-order valence-electron chi connectivity index (χ3n) is 4.80. The van der Waals surface area contributed by atoms with E-state index < -0.39 is 0 Å². The van der Waals surface area contributed by atoms with Gasteiger partial charge in [0.2, 0.25) is 5.91 Å². The number of aryl methyl sites for hydroxylation is 2. The standard InChI is InChI=1S/C25H26N2O3/c1-18-9-10-19(2)23(15-18)26-24(28)16-27(3)25(29)17-30-22-13-11-21(12-14-22)20-7-5-4-6-8-20/h4-15H,16-17H2,1-3H3,(H,26,28). The minimum absolute atomic E-state index is 0.0392. The molecular weight excluding hydrogens is 376 g/mol. The van der Waals surface area contributed by atoms with Gasteiger partial charge in [-0.2, -0.15) is 0 Å². The first-order valence-corrected chi connectivity index (χ1v) is 9.82. The second kappa shape index (κ2) is 9.74. The second-order valence-electron chi connectivity index (χ2n) is 7.30. The lowest BCUT2D eigenvalue weighted by Gasteiger charge is -2.18. The van der Waals surface area contributed by atoms with E-state index in [1.54, 1.807) is 7.05 Å². The van der Waals surface area contributed by atoms with E-state index in [0.717, 1.165) is 27.9 Å². The van der Waals surface area contributed by atoms with Gasteiger partial charge in [-0.3, -0.25) is 9.59 Å². The number of nitrogens with zero attached hydrogens (tertiary/aromatic N) is 1. The van der Waals surface area contributed by atoms with Crippen molar-refractivity contribution in [3.8, 4) is 16.9 Å². The third-order valence-corrected chi connectivity index (χ3v) is 4.80. The van der Waals surface area contributed by atoms with Crippen molar-refractivity contribution < 1.29 is 14.3 Å². The Kier molecular flexibility index (Phi) is 6.86. The normalized spacial score (nSPS) is 10.4. The van der Waals surface area contributed by atoms with E-state index in [1.807, 2.05) is 86.6 Å². The summed E-state index contributed by atoms with van der Waals surface area (Å²) in [6.07, 6.45) is 0. The highest BCUT2D eigenvalue weighted by Crippen LogP contribution is 2.22. The third kappa shape index (κ3) is 5.70. The number of ether oxygens (including phenoxy) is 1. The van der Waals surface area contributed by atoms with Crippen molar-refractivity contribution in [2.24, 2.45) is 0 Å². The van der Waals surface area contributed by atoms with Crippen molar-refractivity contribution >= 4 is 17.5 Å². The zero-order valence-corrected chi connectivity index (χ0v) is 17.5. The molecule has 5 nitrogen and oxygen atoms in total. The van der Waals surface area contributed by atoms with Gasteiger partial charge < -0.3 is 15.0 Å². The average molecular weight is 402 g/mol. The highest BCUT2D eigenvalue weighted by Gasteiger charge is 2.14. The van der Waals surface area contributed by atoms with Crippen LogP contribution < -0.4 is 10.1 Å². The van der Waals surface area contributed by atoms with E-state index >= 15 is 0 Å². The zero-order chi connectivity index (χ0) is 21.5. The first kappa shape index (κ1) is 21.1. The van der Waals surface area contributed by atoms with Crippen molar-refractivity contribution in [2.75, 3.05) is 25.5 Å². The summed E-state index contributed by atoms with van der Waals surface area (Å²) in [6.45, 7) is 3.73. The maximum absolute atomic E-state index is 12.3. The molecule has 0 spiro atoms. The van der Waals surface area contributed by atoms with Gasteiger partial charge in [0.05, 0.1) is 6.54 Å². The monoisotopic (exact) mass is 402 g/mol. The number of likely N-dealkylation sites (N-methyl/N-ethyl adjacent to an activating group) is 1. The first-order valence-electron chi connectivity index (χ1n) is 9.82. The largest absolute Gasteiger partial charge is 0.484 e. The van der Waals surface area contributed by atoms with Crippen molar-refractivity contribution in [3.63, 3.8) is 0 Å². The molecule has 154 valence electrons. The molecule has 0 aromatic heterocycles. The number of benzene rings is 3. The second-order valence-corrected chi connectivity index (χ2v) is 7.30. The molecule has 30 heavy (non-hydrogen) atoms. The van der Waals surface area contributed by atoms with Gasteiger partial charge >= 0.3 is 0 Å². The van der Waals surface area contributed by atoms with E-state index in [-0.39, 0.29) is 25.0 Å². The quantitative estimate of drug-likeness (QED) is 0.635. The molecule has 2 amide bonds. The zero-order valence-electron chi connectivity index (χ0n) is 17.5. The number of hydrogen-bond acceptors (Lipinski definition) is 3. The molecule has 0 radical (unpaired) electrons. The van der Waals surface area contributed by atoms with E-state index in [1.165, 1.54) is 4.90 Å². The molecule has 1 N–H and O–H groups in total. The van der Waals surface area contributed by atoms with Gasteiger partial charge in [-0.05, 0) is 54.3 Å². The van der Waals surface area contributed by atoms with E-state index in [9.17, 15) is 9.59 Å². The van der Waals surface area contributed by atoms with Crippen molar-refractivity contribution in [3.05, 3.63) is 83.9 Å². The van der Waals surface area contributed by atoms with Crippen LogP contribution in [0.2, 0.25) is 0 Å². The summed E-state index contributed by atoms with van der Waals surface area (Å²) in [7, 11) is 1.59. The topological polar surface area (TPSA) is 58.6 Å². The van der Waals surface area contributed by atoms with Crippen molar-refractivity contribution in [1.29, 1.82) is 0 Å². The number of rotatable bonds is 7. The predicted octanol–water partition coefficient (Wildman–Crippen LogP) is 4.45. The summed E-state index contributed by atoms with van der Waals surface area (Å²) in [4.78, 5) is 26.0. The molecule has 0 saturated heterocycles. The van der Waals surface area contributed by atoms with Gasteiger partial charge in [0.25, 0.3) is 5.91 Å². The number of hydrogen-bond donors (Lipinski definition) is 1. The Balaban J connectivity index is 1.49. The van der Waals surface area contributed by atoms with Crippen LogP contribution in [0, 0.1) is 13.8 Å². The van der Waals surface area contributed by atoms with Crippen molar-refractivity contribution in [2.45, 2.75) is 13.8 Å². The summed E-state index contributed by atoms with van der Waals surface area (Å²) >= 11 is 0. The molecule has 3 aromatic carbocycles. The Labute approximate surface area is 177 Å². The fourth-order valence-electron chi connectivity index (χ4n) is 2.99. The molecule has 3 rings (SSSR count). The summed E-state index contributed by atoms with van der Waals surface area (Å²) < 4.78 is 5.59. The predicted molar refractivity (Wildman–Crippen MR) is 120 cm³/mol. The maximum Gasteiger partial charge on any atom is 0.260 e. The van der Waals surface area contributed by atoms with Crippen LogP contribution in [0.15, 0.2) is 72.8 Å². The van der Waals surface area contributed by atoms with Gasteiger partial charge in [-0.25, -0.2) is 0 Å². The minimum Gasteiger partial charge on any atom is -0.484 e. The molecule has 5 heteroatoms. The number of nitrogens with one attached hydrogen (secondary N) is 1. The molecule has 0 fully saturated rings. The van der Waals surface area contributed by atoms with E-state index in [0.29, 0.717) is 5.75 Å². The van der Waals surface area contributed by atoms with Crippen LogP contribution in [0.1, 0.15) is 11.1 Å². The molecule has 0 aliphatic rings. The Morgan fingerprint density at radius 3 is 2.27 bits per heavy atom. The number of carbonyl (C=O) groups is 2. The van der Waals surface area contributed by atoms with Crippen LogP contribution in [0.4, 0.5) is 5.69 Å². The van der Waals surface area contributed by atoms with Gasteiger partial charge in [0.15, 0.2) is 6.61 Å². The Hall–Kier alpha value is -3.60. The van der Waals surface area contributed by atoms with E-state index in [2.05, 4.69) is 5.32 Å². The Morgan fingerprint density at radius 2 is 1.57 bits per heavy atom. The van der Waals surface area contributed by atoms with Gasteiger partial charge in [0.1, 0.15) is 5.75 Å². The molecule has 0 aliphatic heterocycles. The fourth-order valence-corrected chi connectivity index (χ4v) is 2.99. The van der Waals surface area contributed by atoms with Crippen LogP contribution in [0.5, 0.6) is 5.75 Å². The molecule has 0 saturated carbocycles. The summed E-state index contributed by atoms with van der Waals surface area (Å²) in [6, 6.07) is 23.5. The summed E-state index contributed by atoms with van der Waals surface area (Å²) in [5, 5.41) is 2.86. The van der Waals surface area contributed by atoms with Crippen LogP contribution in [-0.2, 0) is 9.59 Å². The lowest BCUT2D eigenvalue weighted by atomic mass is 10.1. The smallest absolute Gasteiger partial charge is 0.260 e. The molecule has 0 aliphatic carbocycles. The molecular formula is C25H26N2O3. The SMILES string of the molecule is Cc1ccc(C)c(NC(=O)CN(C)C(=O)COc2ccc(-c3ccccc3)cc2)c1. The molecule has 0 bridgehead atoms. The van der Waals surface area contributed by atoms with Crippen LogP contribution >= 0.6 is 0 Å². The Morgan fingerprint density at radius 1 is 0.900 bits per heavy atom. The van der Waals surface area contributed by atoms with Gasteiger partial charge in [-0.15, -0.1) is 0 Å². The molecule has 0 unspecified atom stereocenters. The van der Waals surface area contributed by atoms with E-state index in [4.69, 9.17) is 4.74 Å². The molecule has 0 heterocycles. The fraction of sp³-hybridized carbons (Fsp3) is 0.200. The van der Waals surface area contributed by atoms with Crippen LogP contribution in [0.25, 0.3) is 11.1 Å². The minimum atomic E-state index is -0.266. The van der Waals surface area contributed by atoms with Gasteiger partial charge in [0, 0.05) is 12.7 Å². The highest BCUT2D eigenvalue weighted by atomic mass is 16.5. The maximum atomic E-state index is 12.3. The highest BCUT2D eigenvalue weighted by molar-refractivity contribution is 5.95. The van der Waals surface area contributed by atoms with Gasteiger partial charge in [-0.1, -0.05) is 54.6 Å². The van der Waals surface area contributed by atoms with Crippen molar-refractivity contribution in [1.82, 2.24) is 4.90 Å². The summed E-state index contributed by atoms with van der Waals surface area (Å²) in [5.74, 6) is 0.0984. The molecule has 3 aromatic rings. The Bertz CT molecular complexity index is 1010. The first-order chi connectivity index (χ1) is 14.4.